The molecule has 0 atom stereocenters. The van der Waals surface area contributed by atoms with Crippen LogP contribution in [-0.2, 0) is 11.2 Å². The molecule has 4 nitrogen and oxygen atoms in total. The van der Waals surface area contributed by atoms with Gasteiger partial charge in [0.2, 0.25) is 0 Å². The number of thiazole rings is 1. The number of hydrogen-bond acceptors (Lipinski definition) is 5. The van der Waals surface area contributed by atoms with Crippen LogP contribution in [0.25, 0.3) is 0 Å². The molecule has 0 aromatic carbocycles. The van der Waals surface area contributed by atoms with Crippen LogP contribution >= 0.6 is 11.3 Å². The summed E-state index contributed by atoms with van der Waals surface area (Å²) in [5, 5.41) is 1.00. The first-order chi connectivity index (χ1) is 7.63. The standard InChI is InChI=1S/C11H18N2O2S/c1-4-15-11(14)9-8-12-10(16-9)6-5-7-13(2)3/h8H,4-7H2,1-3H3. The summed E-state index contributed by atoms with van der Waals surface area (Å²) in [4.78, 5) is 18.3. The number of aryl methyl sites for hydroxylation is 1. The van der Waals surface area contributed by atoms with Crippen LogP contribution in [0, 0.1) is 0 Å². The van der Waals surface area contributed by atoms with Crippen molar-refractivity contribution in [2.24, 2.45) is 0 Å². The first-order valence-electron chi connectivity index (χ1n) is 5.40. The first-order valence-corrected chi connectivity index (χ1v) is 6.21. The second-order valence-corrected chi connectivity index (χ2v) is 4.86. The molecule has 1 aromatic rings. The molecule has 0 spiro atoms. The Labute approximate surface area is 100 Å². The number of ether oxygens (including phenoxy) is 1. The third-order valence-corrected chi connectivity index (χ3v) is 3.06. The van der Waals surface area contributed by atoms with Crippen molar-refractivity contribution in [2.45, 2.75) is 19.8 Å². The van der Waals surface area contributed by atoms with Crippen LogP contribution in [0.1, 0.15) is 28.0 Å². The summed E-state index contributed by atoms with van der Waals surface area (Å²) in [5.41, 5.74) is 0. The summed E-state index contributed by atoms with van der Waals surface area (Å²) < 4.78 is 4.91. The van der Waals surface area contributed by atoms with Gasteiger partial charge in [-0.25, -0.2) is 9.78 Å². The molecular weight excluding hydrogens is 224 g/mol. The van der Waals surface area contributed by atoms with Crippen LogP contribution in [-0.4, -0.2) is 43.1 Å². The minimum atomic E-state index is -0.265. The van der Waals surface area contributed by atoms with Crippen molar-refractivity contribution in [3.05, 3.63) is 16.1 Å². The molecule has 1 aromatic heterocycles. The lowest BCUT2D eigenvalue weighted by Gasteiger charge is -2.07. The Kier molecular flexibility index (Phi) is 5.42. The van der Waals surface area contributed by atoms with Gasteiger partial charge in [-0.3, -0.25) is 0 Å². The summed E-state index contributed by atoms with van der Waals surface area (Å²) in [6, 6.07) is 0. The van der Waals surface area contributed by atoms with E-state index in [0.717, 1.165) is 24.4 Å². The van der Waals surface area contributed by atoms with E-state index in [9.17, 15) is 4.79 Å². The molecule has 1 rings (SSSR count). The number of nitrogens with zero attached hydrogens (tertiary/aromatic N) is 2. The topological polar surface area (TPSA) is 42.4 Å². The molecule has 0 unspecified atom stereocenters. The van der Waals surface area contributed by atoms with Crippen LogP contribution in [0.2, 0.25) is 0 Å². The predicted molar refractivity (Wildman–Crippen MR) is 64.9 cm³/mol. The van der Waals surface area contributed by atoms with Crippen molar-refractivity contribution in [3.8, 4) is 0 Å². The van der Waals surface area contributed by atoms with E-state index in [1.165, 1.54) is 11.3 Å². The Morgan fingerprint density at radius 2 is 2.31 bits per heavy atom. The highest BCUT2D eigenvalue weighted by Gasteiger charge is 2.10. The maximum absolute atomic E-state index is 11.4. The van der Waals surface area contributed by atoms with E-state index in [1.54, 1.807) is 13.1 Å². The number of carbonyl (C=O) groups is 1. The van der Waals surface area contributed by atoms with Gasteiger partial charge in [0, 0.05) is 6.42 Å². The van der Waals surface area contributed by atoms with E-state index >= 15 is 0 Å². The zero-order chi connectivity index (χ0) is 12.0. The zero-order valence-corrected chi connectivity index (χ0v) is 10.8. The molecule has 0 saturated heterocycles. The maximum Gasteiger partial charge on any atom is 0.349 e. The Bertz CT molecular complexity index is 336. The minimum absolute atomic E-state index is 0.265. The normalized spacial score (nSPS) is 10.8. The molecule has 0 aliphatic carbocycles. The second-order valence-electron chi connectivity index (χ2n) is 3.75. The van der Waals surface area contributed by atoms with Gasteiger partial charge in [0.05, 0.1) is 17.8 Å². The largest absolute Gasteiger partial charge is 0.462 e. The van der Waals surface area contributed by atoms with Crippen molar-refractivity contribution in [2.75, 3.05) is 27.2 Å². The van der Waals surface area contributed by atoms with Crippen molar-refractivity contribution >= 4 is 17.3 Å². The highest BCUT2D eigenvalue weighted by atomic mass is 32.1. The van der Waals surface area contributed by atoms with E-state index in [0.29, 0.717) is 11.5 Å². The molecule has 0 saturated carbocycles. The lowest BCUT2D eigenvalue weighted by atomic mass is 10.3. The monoisotopic (exact) mass is 242 g/mol. The molecular formula is C11H18N2O2S. The Morgan fingerprint density at radius 1 is 1.56 bits per heavy atom. The molecule has 16 heavy (non-hydrogen) atoms. The molecule has 0 N–H and O–H groups in total. The summed E-state index contributed by atoms with van der Waals surface area (Å²) in [6.45, 7) is 3.25. The number of aromatic nitrogens is 1. The van der Waals surface area contributed by atoms with Gasteiger partial charge in [0.1, 0.15) is 4.88 Å². The molecule has 5 heteroatoms. The summed E-state index contributed by atoms with van der Waals surface area (Å²) in [6.07, 6.45) is 3.58. The third-order valence-electron chi connectivity index (χ3n) is 2.03. The van der Waals surface area contributed by atoms with Crippen molar-refractivity contribution in [1.29, 1.82) is 0 Å². The molecule has 0 amide bonds. The second kappa shape index (κ2) is 6.60. The van der Waals surface area contributed by atoms with E-state index < -0.39 is 0 Å². The van der Waals surface area contributed by atoms with Crippen LogP contribution < -0.4 is 0 Å². The number of carbonyl (C=O) groups excluding carboxylic acids is 1. The molecule has 1 heterocycles. The van der Waals surface area contributed by atoms with Gasteiger partial charge in [0.25, 0.3) is 0 Å². The van der Waals surface area contributed by atoms with Gasteiger partial charge in [-0.15, -0.1) is 11.3 Å². The van der Waals surface area contributed by atoms with Crippen LogP contribution in [0.3, 0.4) is 0 Å². The van der Waals surface area contributed by atoms with Gasteiger partial charge in [-0.1, -0.05) is 0 Å². The van der Waals surface area contributed by atoms with Crippen LogP contribution in [0.15, 0.2) is 6.20 Å². The predicted octanol–water partition coefficient (Wildman–Crippen LogP) is 1.81. The lowest BCUT2D eigenvalue weighted by Crippen LogP contribution is -2.13. The number of esters is 1. The zero-order valence-electron chi connectivity index (χ0n) is 10.0. The SMILES string of the molecule is CCOC(=O)c1cnc(CCCN(C)C)s1. The van der Waals surface area contributed by atoms with E-state index in [4.69, 9.17) is 4.74 Å². The van der Waals surface area contributed by atoms with Crippen LogP contribution in [0.4, 0.5) is 0 Å². The van der Waals surface area contributed by atoms with E-state index in [2.05, 4.69) is 9.88 Å². The highest BCUT2D eigenvalue weighted by molar-refractivity contribution is 7.13. The highest BCUT2D eigenvalue weighted by Crippen LogP contribution is 2.15. The number of rotatable bonds is 6. The molecule has 90 valence electrons. The lowest BCUT2D eigenvalue weighted by molar-refractivity contribution is 0.0532. The summed E-state index contributed by atoms with van der Waals surface area (Å²) in [5.74, 6) is -0.265. The van der Waals surface area contributed by atoms with Gasteiger partial charge in [-0.2, -0.15) is 0 Å². The van der Waals surface area contributed by atoms with E-state index in [1.807, 2.05) is 14.1 Å². The molecule has 0 bridgehead atoms. The average molecular weight is 242 g/mol. The van der Waals surface area contributed by atoms with Gasteiger partial charge in [-0.05, 0) is 34.0 Å². The summed E-state index contributed by atoms with van der Waals surface area (Å²) in [7, 11) is 4.10. The molecule has 0 radical (unpaired) electrons. The van der Waals surface area contributed by atoms with Crippen molar-refractivity contribution < 1.29 is 9.53 Å². The first kappa shape index (κ1) is 13.1. The molecule has 0 fully saturated rings. The average Bonchev–Trinajstić information content (AvgIpc) is 2.66. The van der Waals surface area contributed by atoms with E-state index in [-0.39, 0.29) is 5.97 Å². The van der Waals surface area contributed by atoms with Crippen molar-refractivity contribution in [1.82, 2.24) is 9.88 Å². The molecule has 0 aliphatic heterocycles. The Hall–Kier alpha value is -0.940. The quantitative estimate of drug-likeness (QED) is 0.714. The molecule has 0 aliphatic rings. The van der Waals surface area contributed by atoms with Gasteiger partial charge < -0.3 is 9.64 Å². The van der Waals surface area contributed by atoms with Gasteiger partial charge in [0.15, 0.2) is 0 Å². The Morgan fingerprint density at radius 3 is 2.94 bits per heavy atom. The summed E-state index contributed by atoms with van der Waals surface area (Å²) >= 11 is 1.43. The Balaban J connectivity index is 2.42. The fraction of sp³-hybridized carbons (Fsp3) is 0.636. The fourth-order valence-electron chi connectivity index (χ4n) is 1.27. The third kappa shape index (κ3) is 4.28. The van der Waals surface area contributed by atoms with Crippen LogP contribution in [0.5, 0.6) is 0 Å². The van der Waals surface area contributed by atoms with Gasteiger partial charge >= 0.3 is 5.97 Å². The smallest absolute Gasteiger partial charge is 0.349 e. The number of hydrogen-bond donors (Lipinski definition) is 0. The minimum Gasteiger partial charge on any atom is -0.462 e. The maximum atomic E-state index is 11.4. The van der Waals surface area contributed by atoms with Crippen molar-refractivity contribution in [3.63, 3.8) is 0 Å². The fourth-order valence-corrected chi connectivity index (χ4v) is 2.12.